The first-order chi connectivity index (χ1) is 39.0. The van der Waals surface area contributed by atoms with Crippen LogP contribution in [0.3, 0.4) is 0 Å². The third kappa shape index (κ3) is 15.0. The van der Waals surface area contributed by atoms with E-state index in [1.54, 1.807) is 17.4 Å². The molecule has 0 saturated carbocycles. The number of carbonyl (C=O) groups is 4. The summed E-state index contributed by atoms with van der Waals surface area (Å²) < 4.78 is 20.4. The molecule has 0 aliphatic carbocycles. The Morgan fingerprint density at radius 1 is 0.864 bits per heavy atom. The number of nitrogens with zero attached hydrogens (tertiary/aromatic N) is 8. The van der Waals surface area contributed by atoms with Crippen molar-refractivity contribution < 1.29 is 38.5 Å². The number of nitrogen functional groups attached to an aromatic ring is 1. The van der Waals surface area contributed by atoms with E-state index >= 15 is 0 Å². The molecule has 3 unspecified atom stereocenters. The second kappa shape index (κ2) is 26.8. The van der Waals surface area contributed by atoms with Crippen LogP contribution in [-0.4, -0.2) is 153 Å². The number of benzene rings is 3. The monoisotopic (exact) mass is 1130 g/mol. The van der Waals surface area contributed by atoms with Crippen molar-refractivity contribution in [3.63, 3.8) is 0 Å². The molecule has 5 atom stereocenters. The maximum absolute atomic E-state index is 14.1. The number of phenolic OH excluding ortho intramolecular Hbond substituents is 1. The Labute approximate surface area is 479 Å². The van der Waals surface area contributed by atoms with Crippen molar-refractivity contribution in [2.75, 3.05) is 74.5 Å². The van der Waals surface area contributed by atoms with Gasteiger partial charge in [-0.15, -0.1) is 21.5 Å². The molecule has 81 heavy (non-hydrogen) atoms. The number of aliphatic hydroxyl groups excluding tert-OH is 1. The number of ether oxygens (including phenoxy) is 1. The van der Waals surface area contributed by atoms with Gasteiger partial charge in [0.25, 0.3) is 0 Å². The molecule has 4 aliphatic heterocycles. The zero-order valence-corrected chi connectivity index (χ0v) is 48.1. The second-order valence-electron chi connectivity index (χ2n) is 23.3. The average Bonchev–Trinajstić information content (AvgIpc) is 4.39. The first kappa shape index (κ1) is 58.7. The third-order valence-corrected chi connectivity index (χ3v) is 17.4. The Kier molecular flexibility index (Phi) is 19.4. The highest BCUT2D eigenvalue weighted by atomic mass is 32.1. The summed E-state index contributed by atoms with van der Waals surface area (Å²) >= 11 is 1.58. The van der Waals surface area contributed by atoms with Gasteiger partial charge < -0.3 is 50.9 Å². The number of thiazole rings is 1. The molecule has 5 aromatic rings. The van der Waals surface area contributed by atoms with Gasteiger partial charge in [0.05, 0.1) is 33.6 Å². The highest BCUT2D eigenvalue weighted by Gasteiger charge is 2.45. The van der Waals surface area contributed by atoms with Crippen molar-refractivity contribution in [2.24, 2.45) is 5.41 Å². The van der Waals surface area contributed by atoms with E-state index in [2.05, 4.69) is 52.6 Å². The molecule has 0 radical (unpaired) electrons. The molecular weight excluding hydrogens is 1050 g/mol. The molecule has 2 bridgehead atoms. The van der Waals surface area contributed by atoms with E-state index in [0.717, 1.165) is 123 Å². The van der Waals surface area contributed by atoms with Gasteiger partial charge in [-0.2, -0.15) is 0 Å². The van der Waals surface area contributed by atoms with Crippen LogP contribution < -0.4 is 30.9 Å². The van der Waals surface area contributed by atoms with E-state index < -0.39 is 29.4 Å². The number of amides is 4. The molecule has 0 spiro atoms. The van der Waals surface area contributed by atoms with Crippen LogP contribution in [0, 0.1) is 18.2 Å². The lowest BCUT2D eigenvalue weighted by atomic mass is 9.85. The number of piperazine rings is 2. The Hall–Kier alpha value is -6.90. The number of carbonyl (C=O) groups excluding carboxylic acids is 4. The normalized spacial score (nSPS) is 19.7. The molecule has 18 nitrogen and oxygen atoms in total. The molecule has 434 valence electrons. The summed E-state index contributed by atoms with van der Waals surface area (Å²) in [5, 5.41) is 35.4. The highest BCUT2D eigenvalue weighted by Crippen LogP contribution is 2.41. The fourth-order valence-corrected chi connectivity index (χ4v) is 12.7. The number of aliphatic hydroxyl groups is 1. The van der Waals surface area contributed by atoms with Crippen molar-refractivity contribution in [2.45, 2.75) is 142 Å². The molecule has 4 saturated heterocycles. The minimum Gasteiger partial charge on any atom is -0.507 e. The summed E-state index contributed by atoms with van der Waals surface area (Å²) in [6, 6.07) is 20.4. The van der Waals surface area contributed by atoms with Gasteiger partial charge in [0.15, 0.2) is 5.82 Å². The minimum absolute atomic E-state index is 0.0251. The van der Waals surface area contributed by atoms with Crippen LogP contribution in [0.2, 0.25) is 0 Å². The van der Waals surface area contributed by atoms with E-state index in [-0.39, 0.29) is 66.5 Å². The largest absolute Gasteiger partial charge is 0.507 e. The van der Waals surface area contributed by atoms with Crippen LogP contribution in [0.4, 0.5) is 21.6 Å². The van der Waals surface area contributed by atoms with E-state index in [1.807, 2.05) is 74.5 Å². The molecule has 2 aromatic heterocycles. The van der Waals surface area contributed by atoms with Gasteiger partial charge in [-0.05, 0) is 85.5 Å². The molecule has 4 fully saturated rings. The van der Waals surface area contributed by atoms with Gasteiger partial charge in [0, 0.05) is 108 Å². The van der Waals surface area contributed by atoms with Crippen LogP contribution in [0.1, 0.15) is 109 Å². The number of unbranched alkanes of at least 4 members (excludes halogenated alkanes) is 6. The summed E-state index contributed by atoms with van der Waals surface area (Å²) in [4.78, 5) is 69.8. The lowest BCUT2D eigenvalue weighted by molar-refractivity contribution is -0.144. The zero-order chi connectivity index (χ0) is 57.2. The summed E-state index contributed by atoms with van der Waals surface area (Å²) in [7, 11) is 0. The molecule has 20 heteroatoms. The van der Waals surface area contributed by atoms with Gasteiger partial charge in [-0.1, -0.05) is 83.2 Å². The summed E-state index contributed by atoms with van der Waals surface area (Å²) in [6.45, 7) is 13.9. The first-order valence-electron chi connectivity index (χ1n) is 28.9. The summed E-state index contributed by atoms with van der Waals surface area (Å²) in [6.07, 6.45) is 8.56. The van der Waals surface area contributed by atoms with E-state index in [9.17, 15) is 33.8 Å². The van der Waals surface area contributed by atoms with Gasteiger partial charge in [-0.3, -0.25) is 24.1 Å². The number of likely N-dealkylation sites (tertiary alicyclic amines) is 1. The first-order valence-corrected chi connectivity index (χ1v) is 29.8. The highest BCUT2D eigenvalue weighted by molar-refractivity contribution is 7.13. The number of fused-ring (bicyclic) bond motifs is 2. The number of halogens is 1. The predicted molar refractivity (Wildman–Crippen MR) is 313 cm³/mol. The number of hydrogen-bond donors (Lipinski definition) is 5. The lowest BCUT2D eigenvalue weighted by Crippen LogP contribution is -2.57. The Morgan fingerprint density at radius 2 is 1.57 bits per heavy atom. The number of β-amino-alcohol motifs (C(OH)–C–C–N with tert-alkyl or cyclic N) is 1. The van der Waals surface area contributed by atoms with E-state index in [1.165, 1.54) is 23.1 Å². The maximum atomic E-state index is 14.1. The van der Waals surface area contributed by atoms with Crippen molar-refractivity contribution in [1.29, 1.82) is 0 Å². The molecular formula is C61H80FN11O7S. The number of phenols is 1. The molecule has 9 rings (SSSR count). The fourth-order valence-electron chi connectivity index (χ4n) is 11.9. The maximum Gasteiger partial charge on any atom is 0.246 e. The fraction of sp³-hybridized carbons (Fsp3) is 0.525. The number of anilines is 3. The number of hydrogen-bond acceptors (Lipinski definition) is 15. The lowest BCUT2D eigenvalue weighted by Gasteiger charge is -2.43. The number of aromatic hydroxyl groups is 1. The molecule has 6 heterocycles. The average molecular weight is 1130 g/mol. The van der Waals surface area contributed by atoms with Crippen LogP contribution in [0.15, 0.2) is 78.3 Å². The van der Waals surface area contributed by atoms with Crippen molar-refractivity contribution >= 4 is 52.2 Å². The molecule has 4 aliphatic rings. The van der Waals surface area contributed by atoms with Gasteiger partial charge >= 0.3 is 0 Å². The standard InChI is InChI=1S/C61H80FN11O7S/c1-40-56(81-39-65-40)42-19-17-41(18-20-42)35-64-59(78)52-33-47(74)38-72(52)60(79)57(61(2,3)4)66-54(76)15-10-8-6-5-7-9-11-16-55(77)70-27-25-69(26-28-70)29-30-80-48-14-12-13-44(32-48)71-36-45-22-23-46(37-71)73(45)51-34-50(67-68-58(51)63)49-31-43(62)21-24-53(49)75/h12-14,17-21,24,31-32,34,39,45-47,52,57,74-75H,5-11,15-16,22-23,25-30,33,35-38H2,1-4H3,(H2,63,68)(H,64,78)(H,66,76)/t45?,46?,47?,52-,57+/m0/s1. The van der Waals surface area contributed by atoms with Crippen LogP contribution in [0.25, 0.3) is 21.7 Å². The second-order valence-corrected chi connectivity index (χ2v) is 24.2. The molecule has 4 amide bonds. The number of nitrogens with one attached hydrogen (secondary N) is 2. The van der Waals surface area contributed by atoms with Crippen molar-refractivity contribution in [3.05, 3.63) is 95.4 Å². The zero-order valence-electron chi connectivity index (χ0n) is 47.3. The number of rotatable bonds is 23. The topological polar surface area (TPSA) is 223 Å². The summed E-state index contributed by atoms with van der Waals surface area (Å²) in [5.41, 5.74) is 13.0. The molecule has 3 aromatic carbocycles. The molecule has 6 N–H and O–H groups in total. The Balaban J connectivity index is 0.618. The number of aromatic nitrogens is 3. The van der Waals surface area contributed by atoms with Crippen LogP contribution >= 0.6 is 11.3 Å². The number of nitrogens with two attached hydrogens (primary N) is 1. The SMILES string of the molecule is Cc1ncsc1-c1ccc(CNC(=O)[C@@H]2CC(O)CN2C(=O)[C@@H](NC(=O)CCCCCCCCCC(=O)N2CCN(CCOc3cccc(N4CC5CCC(C4)N5c4cc(-c5cc(F)ccc5O)nnc4N)c3)CC2)C(C)(C)C)cc1. The van der Waals surface area contributed by atoms with Crippen LogP contribution in [-0.2, 0) is 25.7 Å². The minimum atomic E-state index is -0.862. The predicted octanol–water partition coefficient (Wildman–Crippen LogP) is 7.70. The third-order valence-electron chi connectivity index (χ3n) is 16.4. The quantitative estimate of drug-likeness (QED) is 0.0396. The Bertz CT molecular complexity index is 2950. The van der Waals surface area contributed by atoms with Gasteiger partial charge in [0.1, 0.15) is 36.0 Å². The Morgan fingerprint density at radius 3 is 2.26 bits per heavy atom. The smallest absolute Gasteiger partial charge is 0.246 e. The van der Waals surface area contributed by atoms with Crippen LogP contribution in [0.5, 0.6) is 11.5 Å². The van der Waals surface area contributed by atoms with Crippen molar-refractivity contribution in [3.8, 4) is 33.2 Å². The van der Waals surface area contributed by atoms with Crippen molar-refractivity contribution in [1.82, 2.24) is 40.5 Å². The summed E-state index contributed by atoms with van der Waals surface area (Å²) in [5.74, 6) is -0.114. The van der Waals surface area contributed by atoms with Gasteiger partial charge in [0.2, 0.25) is 23.6 Å². The van der Waals surface area contributed by atoms with E-state index in [4.69, 9.17) is 10.5 Å². The van der Waals surface area contributed by atoms with E-state index in [0.29, 0.717) is 50.5 Å². The number of aryl methyl sites for hydroxylation is 1. The van der Waals surface area contributed by atoms with Gasteiger partial charge in [-0.25, -0.2) is 9.37 Å².